The van der Waals surface area contributed by atoms with E-state index in [-0.39, 0.29) is 12.4 Å². The smallest absolute Gasteiger partial charge is 0.310 e. The van der Waals surface area contributed by atoms with Crippen molar-refractivity contribution in [3.05, 3.63) is 29.8 Å². The molecule has 0 fully saturated rings. The summed E-state index contributed by atoms with van der Waals surface area (Å²) >= 11 is 0. The summed E-state index contributed by atoms with van der Waals surface area (Å²) in [5, 5.41) is 0. The Kier molecular flexibility index (Phi) is 3.98. The summed E-state index contributed by atoms with van der Waals surface area (Å²) in [7, 11) is 1.59. The number of hydrogen-bond acceptors (Lipinski definition) is 3. The number of carbonyl (C=O) groups is 1. The number of benzene rings is 1. The Balaban J connectivity index is 2.70. The normalized spacial score (nSPS) is 9.57. The molecule has 0 N–H and O–H groups in total. The molecule has 0 heterocycles. The van der Waals surface area contributed by atoms with Gasteiger partial charge in [0, 0.05) is 5.56 Å². The van der Waals surface area contributed by atoms with Gasteiger partial charge < -0.3 is 9.47 Å². The Morgan fingerprint density at radius 1 is 1.36 bits per heavy atom. The van der Waals surface area contributed by atoms with Gasteiger partial charge in [0.2, 0.25) is 0 Å². The fourth-order valence-corrected chi connectivity index (χ4v) is 1.22. The van der Waals surface area contributed by atoms with Crippen LogP contribution in [0.5, 0.6) is 5.75 Å². The molecule has 0 unspecified atom stereocenters. The quantitative estimate of drug-likeness (QED) is 0.685. The molecule has 1 aromatic carbocycles. The van der Waals surface area contributed by atoms with Crippen molar-refractivity contribution in [3.8, 4) is 5.75 Å². The average Bonchev–Trinajstić information content (AvgIpc) is 2.19. The highest BCUT2D eigenvalue weighted by Crippen LogP contribution is 2.17. The third-order valence-corrected chi connectivity index (χ3v) is 1.83. The van der Waals surface area contributed by atoms with Crippen LogP contribution in [0.4, 0.5) is 0 Å². The van der Waals surface area contributed by atoms with Crippen LogP contribution < -0.4 is 4.74 Å². The minimum Gasteiger partial charge on any atom is -0.496 e. The molecule has 0 amide bonds. The lowest BCUT2D eigenvalue weighted by Crippen LogP contribution is -2.08. The molecule has 76 valence electrons. The third-order valence-electron chi connectivity index (χ3n) is 1.83. The molecule has 0 saturated carbocycles. The van der Waals surface area contributed by atoms with E-state index in [4.69, 9.17) is 9.47 Å². The molecule has 3 heteroatoms. The summed E-state index contributed by atoms with van der Waals surface area (Å²) in [4.78, 5) is 11.2. The van der Waals surface area contributed by atoms with Crippen molar-refractivity contribution in [3.63, 3.8) is 0 Å². The van der Waals surface area contributed by atoms with Crippen LogP contribution in [0.3, 0.4) is 0 Å². The Morgan fingerprint density at radius 3 is 2.71 bits per heavy atom. The zero-order chi connectivity index (χ0) is 10.4. The lowest BCUT2D eigenvalue weighted by atomic mass is 10.1. The monoisotopic (exact) mass is 194 g/mol. The Morgan fingerprint density at radius 2 is 2.07 bits per heavy atom. The molecule has 0 radical (unpaired) electrons. The molecule has 1 rings (SSSR count). The molecule has 0 aliphatic carbocycles. The van der Waals surface area contributed by atoms with Gasteiger partial charge in [-0.3, -0.25) is 4.79 Å². The Hall–Kier alpha value is -1.51. The van der Waals surface area contributed by atoms with Crippen molar-refractivity contribution in [2.45, 2.75) is 13.3 Å². The standard InChI is InChI=1S/C11H14O3/c1-3-14-11(12)8-9-6-4-5-7-10(9)13-2/h4-7H,3,8H2,1-2H3. The van der Waals surface area contributed by atoms with E-state index < -0.39 is 0 Å². The van der Waals surface area contributed by atoms with Crippen molar-refractivity contribution in [2.24, 2.45) is 0 Å². The highest BCUT2D eigenvalue weighted by Gasteiger charge is 2.07. The first-order valence-corrected chi connectivity index (χ1v) is 4.55. The first-order chi connectivity index (χ1) is 6.77. The maximum atomic E-state index is 11.2. The molecule has 0 spiro atoms. The Labute approximate surface area is 83.6 Å². The van der Waals surface area contributed by atoms with Gasteiger partial charge in [0.25, 0.3) is 0 Å². The minimum absolute atomic E-state index is 0.225. The predicted molar refractivity (Wildman–Crippen MR) is 53.3 cm³/mol. The number of carbonyl (C=O) groups excluding carboxylic acids is 1. The van der Waals surface area contributed by atoms with E-state index in [2.05, 4.69) is 0 Å². The average molecular weight is 194 g/mol. The molecular formula is C11H14O3. The SMILES string of the molecule is CCOC(=O)Cc1ccccc1OC. The number of para-hydroxylation sites is 1. The maximum absolute atomic E-state index is 11.2. The largest absolute Gasteiger partial charge is 0.496 e. The van der Waals surface area contributed by atoms with Gasteiger partial charge in [0.15, 0.2) is 0 Å². The number of ether oxygens (including phenoxy) is 2. The van der Waals surface area contributed by atoms with E-state index >= 15 is 0 Å². The topological polar surface area (TPSA) is 35.5 Å². The molecule has 0 aromatic heterocycles. The first-order valence-electron chi connectivity index (χ1n) is 4.55. The lowest BCUT2D eigenvalue weighted by Gasteiger charge is -2.07. The summed E-state index contributed by atoms with van der Waals surface area (Å²) < 4.78 is 9.97. The number of esters is 1. The van der Waals surface area contributed by atoms with Crippen molar-refractivity contribution in [1.29, 1.82) is 0 Å². The highest BCUT2D eigenvalue weighted by atomic mass is 16.5. The van der Waals surface area contributed by atoms with Crippen LogP contribution >= 0.6 is 0 Å². The van der Waals surface area contributed by atoms with Gasteiger partial charge in [-0.2, -0.15) is 0 Å². The molecular weight excluding hydrogens is 180 g/mol. The molecule has 0 atom stereocenters. The van der Waals surface area contributed by atoms with Gasteiger partial charge in [-0.05, 0) is 13.0 Å². The van der Waals surface area contributed by atoms with Crippen LogP contribution in [-0.2, 0) is 16.0 Å². The molecule has 1 aromatic rings. The summed E-state index contributed by atoms with van der Waals surface area (Å²) in [5.74, 6) is 0.498. The molecule has 3 nitrogen and oxygen atoms in total. The van der Waals surface area contributed by atoms with E-state index in [1.54, 1.807) is 14.0 Å². The molecule has 0 saturated heterocycles. The van der Waals surface area contributed by atoms with Crippen LogP contribution in [0.1, 0.15) is 12.5 Å². The van der Waals surface area contributed by atoms with Gasteiger partial charge in [-0.1, -0.05) is 18.2 Å². The van der Waals surface area contributed by atoms with E-state index in [1.807, 2.05) is 24.3 Å². The summed E-state index contributed by atoms with van der Waals surface area (Å²) in [6.45, 7) is 2.20. The van der Waals surface area contributed by atoms with Gasteiger partial charge in [0.05, 0.1) is 20.1 Å². The van der Waals surface area contributed by atoms with Gasteiger partial charge in [-0.25, -0.2) is 0 Å². The van der Waals surface area contributed by atoms with E-state index in [0.717, 1.165) is 11.3 Å². The fourth-order valence-electron chi connectivity index (χ4n) is 1.22. The summed E-state index contributed by atoms with van der Waals surface area (Å²) in [6.07, 6.45) is 0.262. The fraction of sp³-hybridized carbons (Fsp3) is 0.364. The first kappa shape index (κ1) is 10.6. The van der Waals surface area contributed by atoms with Crippen LogP contribution in [0.25, 0.3) is 0 Å². The predicted octanol–water partition coefficient (Wildman–Crippen LogP) is 1.80. The van der Waals surface area contributed by atoms with Crippen molar-refractivity contribution >= 4 is 5.97 Å². The summed E-state index contributed by atoms with van der Waals surface area (Å²) in [5.41, 5.74) is 0.855. The Bertz CT molecular complexity index is 307. The van der Waals surface area contributed by atoms with Crippen molar-refractivity contribution in [2.75, 3.05) is 13.7 Å². The van der Waals surface area contributed by atoms with Gasteiger partial charge >= 0.3 is 5.97 Å². The van der Waals surface area contributed by atoms with Crippen LogP contribution in [0.2, 0.25) is 0 Å². The second kappa shape index (κ2) is 5.27. The van der Waals surface area contributed by atoms with Gasteiger partial charge in [0.1, 0.15) is 5.75 Å². The molecule has 0 aliphatic rings. The second-order valence-corrected chi connectivity index (χ2v) is 2.79. The second-order valence-electron chi connectivity index (χ2n) is 2.79. The van der Waals surface area contributed by atoms with Crippen molar-refractivity contribution < 1.29 is 14.3 Å². The third kappa shape index (κ3) is 2.76. The van der Waals surface area contributed by atoms with Crippen LogP contribution in [-0.4, -0.2) is 19.7 Å². The molecule has 0 bridgehead atoms. The lowest BCUT2D eigenvalue weighted by molar-refractivity contribution is -0.142. The van der Waals surface area contributed by atoms with E-state index in [0.29, 0.717) is 6.61 Å². The number of hydrogen-bond donors (Lipinski definition) is 0. The number of rotatable bonds is 4. The van der Waals surface area contributed by atoms with E-state index in [9.17, 15) is 4.79 Å². The maximum Gasteiger partial charge on any atom is 0.310 e. The minimum atomic E-state index is -0.225. The molecule has 14 heavy (non-hydrogen) atoms. The molecule has 0 aliphatic heterocycles. The number of methoxy groups -OCH3 is 1. The van der Waals surface area contributed by atoms with Crippen LogP contribution in [0.15, 0.2) is 24.3 Å². The zero-order valence-corrected chi connectivity index (χ0v) is 8.45. The van der Waals surface area contributed by atoms with Gasteiger partial charge in [-0.15, -0.1) is 0 Å². The van der Waals surface area contributed by atoms with Crippen LogP contribution in [0, 0.1) is 0 Å². The highest BCUT2D eigenvalue weighted by molar-refractivity contribution is 5.73. The van der Waals surface area contributed by atoms with Crippen molar-refractivity contribution in [1.82, 2.24) is 0 Å². The summed E-state index contributed by atoms with van der Waals surface area (Å²) in [6, 6.07) is 7.43. The zero-order valence-electron chi connectivity index (χ0n) is 8.45. The van der Waals surface area contributed by atoms with E-state index in [1.165, 1.54) is 0 Å².